The number of imide groups is 1. The summed E-state index contributed by atoms with van der Waals surface area (Å²) >= 11 is 1.10. The van der Waals surface area contributed by atoms with Crippen LogP contribution in [0.4, 0.5) is 5.00 Å². The quantitative estimate of drug-likeness (QED) is 0.430. The van der Waals surface area contributed by atoms with E-state index in [-0.39, 0.29) is 29.2 Å². The van der Waals surface area contributed by atoms with Crippen LogP contribution in [0.3, 0.4) is 0 Å². The summed E-state index contributed by atoms with van der Waals surface area (Å²) in [5.74, 6) is -0.785. The number of nitrogens with zero attached hydrogens (tertiary/aromatic N) is 1. The molecule has 3 amide bonds. The molecule has 2 aromatic rings. The molecule has 11 heteroatoms. The first-order valence-electron chi connectivity index (χ1n) is 9.47. The molecule has 3 rings (SSSR count). The predicted octanol–water partition coefficient (Wildman–Crippen LogP) is 2.45. The number of nitrogens with one attached hydrogen (secondary N) is 1. The summed E-state index contributed by atoms with van der Waals surface area (Å²) in [6, 6.07) is 4.13. The van der Waals surface area contributed by atoms with Crippen LogP contribution in [0.1, 0.15) is 52.6 Å². The first-order chi connectivity index (χ1) is 14.8. The van der Waals surface area contributed by atoms with Crippen LogP contribution in [0.15, 0.2) is 23.6 Å². The molecule has 166 valence electrons. The van der Waals surface area contributed by atoms with Crippen LogP contribution in [0, 0.1) is 0 Å². The minimum atomic E-state index is -2.72. The van der Waals surface area contributed by atoms with Gasteiger partial charge in [-0.15, -0.1) is 11.3 Å². The number of hydrogen-bond donors (Lipinski definition) is 2. The lowest BCUT2D eigenvalue weighted by Crippen LogP contribution is -2.35. The number of carbonyl (C=O) groups excluding carboxylic acids is 3. The summed E-state index contributed by atoms with van der Waals surface area (Å²) in [7, 11) is -1.22. The Morgan fingerprint density at radius 3 is 2.58 bits per heavy atom. The third-order valence-corrected chi connectivity index (χ3v) is 6.25. The topological polar surface area (TPSA) is 119 Å². The lowest BCUT2D eigenvalue weighted by molar-refractivity contribution is -0.114. The third kappa shape index (κ3) is 4.57. The summed E-state index contributed by atoms with van der Waals surface area (Å²) in [6.07, 6.45) is 0.0251. The number of methoxy groups -OCH3 is 1. The molecule has 0 unspecified atom stereocenters. The van der Waals surface area contributed by atoms with Crippen molar-refractivity contribution in [3.63, 3.8) is 0 Å². The molecule has 0 spiro atoms. The van der Waals surface area contributed by atoms with Crippen LogP contribution in [-0.4, -0.2) is 50.5 Å². The molecule has 1 aromatic heterocycles. The van der Waals surface area contributed by atoms with Crippen LogP contribution < -0.4 is 14.8 Å². The van der Waals surface area contributed by atoms with Crippen molar-refractivity contribution in [2.45, 2.75) is 26.3 Å². The fourth-order valence-corrected chi connectivity index (χ4v) is 4.87. The lowest BCUT2D eigenvalue weighted by atomic mass is 10.0. The number of amides is 3. The number of benzene rings is 1. The maximum atomic E-state index is 13.2. The highest BCUT2D eigenvalue weighted by atomic mass is 32.2. The molecule has 9 nitrogen and oxygen atoms in total. The van der Waals surface area contributed by atoms with Crippen molar-refractivity contribution >= 4 is 44.8 Å². The van der Waals surface area contributed by atoms with Crippen molar-refractivity contribution in [3.8, 4) is 11.5 Å². The smallest absolute Gasteiger partial charge is 0.265 e. The number of thiophene rings is 1. The minimum absolute atomic E-state index is 0.0251. The summed E-state index contributed by atoms with van der Waals surface area (Å²) in [4.78, 5) is 38.8. The van der Waals surface area contributed by atoms with Crippen molar-refractivity contribution in [1.82, 2.24) is 4.90 Å². The molecule has 0 saturated carbocycles. The Balaban J connectivity index is 2.04. The second kappa shape index (κ2) is 9.48. The van der Waals surface area contributed by atoms with Crippen molar-refractivity contribution in [3.05, 3.63) is 40.3 Å². The van der Waals surface area contributed by atoms with E-state index in [1.807, 2.05) is 0 Å². The van der Waals surface area contributed by atoms with Gasteiger partial charge in [-0.25, -0.2) is 8.42 Å². The molecular formula is C20H22N2O7S2. The van der Waals surface area contributed by atoms with Gasteiger partial charge in [0, 0.05) is 18.1 Å². The number of hydrogen-bond acceptors (Lipinski definition) is 8. The van der Waals surface area contributed by atoms with Crippen molar-refractivity contribution in [2.75, 3.05) is 24.8 Å². The van der Waals surface area contributed by atoms with E-state index in [0.717, 1.165) is 16.2 Å². The zero-order chi connectivity index (χ0) is 22.7. The highest BCUT2D eigenvalue weighted by Crippen LogP contribution is 2.41. The maximum absolute atomic E-state index is 13.2. The van der Waals surface area contributed by atoms with Crippen LogP contribution in [0.25, 0.3) is 0 Å². The standard InChI is InChI=1S/C20H22N2O7S2/c1-4-29-16-9-12(5-6-15(16)28-3)14(7-8-31(26)27)22-19(24)13-10-30-18(21-11(2)23)17(13)20(22)25/h5-6,9-10,14,31H,4,7-8H2,1-3H3,(H,21,23)/t14-/m0/s1. The predicted molar refractivity (Wildman–Crippen MR) is 116 cm³/mol. The van der Waals surface area contributed by atoms with Gasteiger partial charge >= 0.3 is 0 Å². The monoisotopic (exact) mass is 466 g/mol. The van der Waals surface area contributed by atoms with E-state index in [2.05, 4.69) is 5.32 Å². The summed E-state index contributed by atoms with van der Waals surface area (Å²) < 4.78 is 33.4. The van der Waals surface area contributed by atoms with Crippen molar-refractivity contribution in [1.29, 1.82) is 0 Å². The van der Waals surface area contributed by atoms with E-state index in [0.29, 0.717) is 28.7 Å². The molecule has 1 N–H and O–H groups in total. The van der Waals surface area contributed by atoms with Gasteiger partial charge in [0.2, 0.25) is 5.91 Å². The first kappa shape index (κ1) is 22.8. The number of carbonyl (C=O) groups is 3. The van der Waals surface area contributed by atoms with Gasteiger partial charge < -0.3 is 14.8 Å². The van der Waals surface area contributed by atoms with Crippen molar-refractivity contribution < 1.29 is 32.3 Å². The molecule has 0 bridgehead atoms. The van der Waals surface area contributed by atoms with Crippen LogP contribution in [0.5, 0.6) is 11.5 Å². The van der Waals surface area contributed by atoms with Gasteiger partial charge in [0.25, 0.3) is 11.8 Å². The maximum Gasteiger partial charge on any atom is 0.265 e. The van der Waals surface area contributed by atoms with E-state index in [9.17, 15) is 22.8 Å². The Kier molecular flexibility index (Phi) is 6.96. The first-order valence-corrected chi connectivity index (χ1v) is 11.7. The Morgan fingerprint density at radius 2 is 1.97 bits per heavy atom. The van der Waals surface area contributed by atoms with Gasteiger partial charge in [-0.3, -0.25) is 19.3 Å². The van der Waals surface area contributed by atoms with Gasteiger partial charge in [-0.05, 0) is 31.0 Å². The number of ether oxygens (including phenoxy) is 2. The average Bonchev–Trinajstić information content (AvgIpc) is 3.23. The lowest BCUT2D eigenvalue weighted by Gasteiger charge is -2.27. The second-order valence-corrected chi connectivity index (χ2v) is 8.71. The molecule has 1 aliphatic rings. The minimum Gasteiger partial charge on any atom is -0.493 e. The number of thiol groups is 1. The van der Waals surface area contributed by atoms with Gasteiger partial charge in [-0.2, -0.15) is 0 Å². The fourth-order valence-electron chi connectivity index (χ4n) is 3.45. The van der Waals surface area contributed by atoms with Gasteiger partial charge in [0.1, 0.15) is 15.7 Å². The van der Waals surface area contributed by atoms with E-state index < -0.39 is 28.6 Å². The van der Waals surface area contributed by atoms with Crippen LogP contribution in [0.2, 0.25) is 0 Å². The van der Waals surface area contributed by atoms with Gasteiger partial charge in [0.05, 0.1) is 30.9 Å². The summed E-state index contributed by atoms with van der Waals surface area (Å²) in [5.41, 5.74) is 0.853. The number of anilines is 1. The van der Waals surface area contributed by atoms with Gasteiger partial charge in [0.15, 0.2) is 11.5 Å². The highest BCUT2D eigenvalue weighted by Gasteiger charge is 2.43. The molecule has 0 fully saturated rings. The Labute approximate surface area is 184 Å². The molecule has 0 radical (unpaired) electrons. The van der Waals surface area contributed by atoms with Crippen molar-refractivity contribution in [2.24, 2.45) is 0 Å². The molecule has 2 heterocycles. The Hall–Kier alpha value is -2.92. The highest BCUT2D eigenvalue weighted by molar-refractivity contribution is 7.72. The number of fused-ring (bicyclic) bond motifs is 1. The molecule has 0 saturated heterocycles. The summed E-state index contributed by atoms with van der Waals surface area (Å²) in [6.45, 7) is 3.49. The van der Waals surface area contributed by atoms with E-state index in [4.69, 9.17) is 9.47 Å². The van der Waals surface area contributed by atoms with Crippen LogP contribution >= 0.6 is 11.3 Å². The molecular weight excluding hydrogens is 444 g/mol. The molecule has 1 aliphatic heterocycles. The molecule has 1 atom stereocenters. The largest absolute Gasteiger partial charge is 0.493 e. The summed E-state index contributed by atoms with van der Waals surface area (Å²) in [5, 5.41) is 4.39. The zero-order valence-electron chi connectivity index (χ0n) is 17.2. The normalized spacial score (nSPS) is 14.0. The van der Waals surface area contributed by atoms with Crippen LogP contribution in [-0.2, 0) is 15.5 Å². The third-order valence-electron chi connectivity index (χ3n) is 4.73. The Bertz CT molecular complexity index is 1100. The van der Waals surface area contributed by atoms with Gasteiger partial charge in [-0.1, -0.05) is 6.07 Å². The van der Waals surface area contributed by atoms with E-state index in [1.54, 1.807) is 25.1 Å². The Morgan fingerprint density at radius 1 is 1.23 bits per heavy atom. The molecule has 1 aromatic carbocycles. The number of rotatable bonds is 9. The molecule has 31 heavy (non-hydrogen) atoms. The zero-order valence-corrected chi connectivity index (χ0v) is 18.9. The molecule has 0 aliphatic carbocycles. The SMILES string of the molecule is CCOc1cc([C@H](CC[SH](=O)=O)N2C(=O)c3csc(NC(C)=O)c3C2=O)ccc1OC. The fraction of sp³-hybridized carbons (Fsp3) is 0.350. The second-order valence-electron chi connectivity index (χ2n) is 6.72. The van der Waals surface area contributed by atoms with E-state index >= 15 is 0 Å². The van der Waals surface area contributed by atoms with E-state index in [1.165, 1.54) is 19.4 Å². The average molecular weight is 467 g/mol.